The third kappa shape index (κ3) is 4.49. The van der Waals surface area contributed by atoms with Gasteiger partial charge in [0, 0.05) is 18.7 Å². The first kappa shape index (κ1) is 18.3. The summed E-state index contributed by atoms with van der Waals surface area (Å²) in [5, 5.41) is 0. The molecular formula is C19H28N2O3. The number of carbonyl (C=O) groups is 2. The van der Waals surface area contributed by atoms with Crippen LogP contribution in [0.2, 0.25) is 0 Å². The molecule has 0 unspecified atom stereocenters. The van der Waals surface area contributed by atoms with Gasteiger partial charge in [-0.3, -0.25) is 14.6 Å². The van der Waals surface area contributed by atoms with Gasteiger partial charge < -0.3 is 4.74 Å². The van der Waals surface area contributed by atoms with Crippen LogP contribution in [-0.4, -0.2) is 35.2 Å². The van der Waals surface area contributed by atoms with Gasteiger partial charge in [-0.1, -0.05) is 25.1 Å². The fraction of sp³-hybridized carbons (Fsp3) is 0.579. The maximum Gasteiger partial charge on any atom is 0.411 e. The summed E-state index contributed by atoms with van der Waals surface area (Å²) in [6.07, 6.45) is 2.44. The Kier molecular flexibility index (Phi) is 5.86. The molecule has 24 heavy (non-hydrogen) atoms. The van der Waals surface area contributed by atoms with E-state index < -0.39 is 5.60 Å². The quantitative estimate of drug-likeness (QED) is 0.834. The number of para-hydroxylation sites is 1. The lowest BCUT2D eigenvalue weighted by atomic mass is 10.1. The Labute approximate surface area is 144 Å². The summed E-state index contributed by atoms with van der Waals surface area (Å²) in [5.74, 6) is 0.0154. The van der Waals surface area contributed by atoms with Gasteiger partial charge in [0.25, 0.3) is 0 Å². The average molecular weight is 332 g/mol. The lowest BCUT2D eigenvalue weighted by molar-refractivity contribution is -0.119. The number of piperidine rings is 1. The number of hydrogen-bond acceptors (Lipinski definition) is 3. The van der Waals surface area contributed by atoms with Gasteiger partial charge in [0.1, 0.15) is 11.8 Å². The normalized spacial score (nSPS) is 18.2. The van der Waals surface area contributed by atoms with Crippen LogP contribution in [0.1, 0.15) is 53.4 Å². The molecule has 0 bridgehead atoms. The van der Waals surface area contributed by atoms with Crippen molar-refractivity contribution in [2.24, 2.45) is 0 Å². The van der Waals surface area contributed by atoms with Gasteiger partial charge in [-0.2, -0.15) is 0 Å². The lowest BCUT2D eigenvalue weighted by Gasteiger charge is -2.42. The first-order valence-corrected chi connectivity index (χ1v) is 8.70. The van der Waals surface area contributed by atoms with Gasteiger partial charge in [-0.15, -0.1) is 0 Å². The van der Waals surface area contributed by atoms with Crippen molar-refractivity contribution in [2.75, 3.05) is 11.4 Å². The second-order valence-electron chi connectivity index (χ2n) is 7.10. The van der Waals surface area contributed by atoms with E-state index >= 15 is 0 Å². The van der Waals surface area contributed by atoms with E-state index in [1.807, 2.05) is 58.0 Å². The zero-order valence-corrected chi connectivity index (χ0v) is 15.1. The summed E-state index contributed by atoms with van der Waals surface area (Å²) < 4.78 is 5.56. The van der Waals surface area contributed by atoms with E-state index in [0.29, 0.717) is 13.0 Å². The Balaban J connectivity index is 2.31. The summed E-state index contributed by atoms with van der Waals surface area (Å²) >= 11 is 0. The minimum atomic E-state index is -0.550. The second kappa shape index (κ2) is 7.69. The van der Waals surface area contributed by atoms with E-state index in [0.717, 1.165) is 24.9 Å². The fourth-order valence-electron chi connectivity index (χ4n) is 2.96. The number of benzene rings is 1. The standard InChI is InChI=1S/C19H28N2O3/c1-5-17(22)21(15-11-7-6-8-12-15)16-13-9-10-14-20(16)18(23)24-19(2,3)4/h6-8,11-12,16H,5,9-10,13-14H2,1-4H3/t16-/m0/s1. The van der Waals surface area contributed by atoms with E-state index in [4.69, 9.17) is 4.74 Å². The first-order valence-electron chi connectivity index (χ1n) is 8.70. The predicted molar refractivity (Wildman–Crippen MR) is 94.8 cm³/mol. The minimum absolute atomic E-state index is 0.0154. The van der Waals surface area contributed by atoms with E-state index in [2.05, 4.69) is 0 Å². The topological polar surface area (TPSA) is 49.9 Å². The van der Waals surface area contributed by atoms with E-state index in [9.17, 15) is 9.59 Å². The van der Waals surface area contributed by atoms with Crippen LogP contribution >= 0.6 is 0 Å². The van der Waals surface area contributed by atoms with Gasteiger partial charge in [0.05, 0.1) is 0 Å². The highest BCUT2D eigenvalue weighted by atomic mass is 16.6. The Hall–Kier alpha value is -2.04. The number of hydrogen-bond donors (Lipinski definition) is 0. The first-order chi connectivity index (χ1) is 11.3. The van der Waals surface area contributed by atoms with Crippen molar-refractivity contribution in [1.82, 2.24) is 4.90 Å². The van der Waals surface area contributed by atoms with Crippen molar-refractivity contribution < 1.29 is 14.3 Å². The number of anilines is 1. The molecule has 1 heterocycles. The highest BCUT2D eigenvalue weighted by Crippen LogP contribution is 2.28. The molecule has 1 atom stereocenters. The summed E-state index contributed by atoms with van der Waals surface area (Å²) in [7, 11) is 0. The molecular weight excluding hydrogens is 304 g/mol. The molecule has 0 N–H and O–H groups in total. The summed E-state index contributed by atoms with van der Waals surface area (Å²) in [6, 6.07) is 9.56. The van der Waals surface area contributed by atoms with Crippen LogP contribution in [0.3, 0.4) is 0 Å². The fourth-order valence-corrected chi connectivity index (χ4v) is 2.96. The zero-order chi connectivity index (χ0) is 17.7. The molecule has 0 aliphatic carbocycles. The van der Waals surface area contributed by atoms with Crippen molar-refractivity contribution in [3.05, 3.63) is 30.3 Å². The molecule has 5 heteroatoms. The molecule has 1 fully saturated rings. The molecule has 1 aromatic rings. The Morgan fingerprint density at radius 3 is 2.46 bits per heavy atom. The molecule has 5 nitrogen and oxygen atoms in total. The zero-order valence-electron chi connectivity index (χ0n) is 15.1. The van der Waals surface area contributed by atoms with E-state index in [1.165, 1.54) is 0 Å². The third-order valence-corrected chi connectivity index (χ3v) is 4.00. The molecule has 0 spiro atoms. The number of amides is 2. The number of rotatable bonds is 3. The van der Waals surface area contributed by atoms with Gasteiger partial charge in [-0.05, 0) is 52.2 Å². The molecule has 1 aliphatic heterocycles. The van der Waals surface area contributed by atoms with Crippen LogP contribution in [0.15, 0.2) is 30.3 Å². The maximum atomic E-state index is 12.6. The SMILES string of the molecule is CCC(=O)N(c1ccccc1)[C@H]1CCCCN1C(=O)OC(C)(C)C. The molecule has 2 amide bonds. The third-order valence-electron chi connectivity index (χ3n) is 4.00. The number of nitrogens with zero attached hydrogens (tertiary/aromatic N) is 2. The Morgan fingerprint density at radius 1 is 1.21 bits per heavy atom. The number of ether oxygens (including phenoxy) is 1. The summed E-state index contributed by atoms with van der Waals surface area (Å²) in [5.41, 5.74) is 0.274. The smallest absolute Gasteiger partial charge is 0.411 e. The van der Waals surface area contributed by atoms with E-state index in [-0.39, 0.29) is 18.2 Å². The number of carbonyl (C=O) groups excluding carboxylic acids is 2. The maximum absolute atomic E-state index is 12.6. The van der Waals surface area contributed by atoms with Gasteiger partial charge >= 0.3 is 6.09 Å². The monoisotopic (exact) mass is 332 g/mol. The van der Waals surface area contributed by atoms with Crippen molar-refractivity contribution in [2.45, 2.75) is 65.1 Å². The average Bonchev–Trinajstić information content (AvgIpc) is 2.54. The molecule has 1 saturated heterocycles. The van der Waals surface area contributed by atoms with Crippen molar-refractivity contribution in [3.8, 4) is 0 Å². The number of likely N-dealkylation sites (tertiary alicyclic amines) is 1. The predicted octanol–water partition coefficient (Wildman–Crippen LogP) is 4.18. The molecule has 132 valence electrons. The molecule has 2 rings (SSSR count). The molecule has 0 saturated carbocycles. The highest BCUT2D eigenvalue weighted by molar-refractivity contribution is 5.94. The van der Waals surface area contributed by atoms with Crippen LogP contribution < -0.4 is 4.90 Å². The Morgan fingerprint density at radius 2 is 1.88 bits per heavy atom. The van der Waals surface area contributed by atoms with Crippen LogP contribution in [0.5, 0.6) is 0 Å². The van der Waals surface area contributed by atoms with Crippen LogP contribution in [0, 0.1) is 0 Å². The van der Waals surface area contributed by atoms with Crippen molar-refractivity contribution in [1.29, 1.82) is 0 Å². The van der Waals surface area contributed by atoms with Gasteiger partial charge in [0.15, 0.2) is 0 Å². The minimum Gasteiger partial charge on any atom is -0.444 e. The summed E-state index contributed by atoms with van der Waals surface area (Å²) in [4.78, 5) is 28.7. The van der Waals surface area contributed by atoms with Crippen molar-refractivity contribution >= 4 is 17.7 Å². The summed E-state index contributed by atoms with van der Waals surface area (Å²) in [6.45, 7) is 8.03. The van der Waals surface area contributed by atoms with Gasteiger partial charge in [-0.25, -0.2) is 4.79 Å². The lowest BCUT2D eigenvalue weighted by Crippen LogP contribution is -2.56. The van der Waals surface area contributed by atoms with Crippen LogP contribution in [0.4, 0.5) is 10.5 Å². The highest BCUT2D eigenvalue weighted by Gasteiger charge is 2.36. The van der Waals surface area contributed by atoms with Gasteiger partial charge in [0.2, 0.25) is 5.91 Å². The molecule has 0 aromatic heterocycles. The Bertz CT molecular complexity index is 566. The van der Waals surface area contributed by atoms with Crippen LogP contribution in [-0.2, 0) is 9.53 Å². The largest absolute Gasteiger partial charge is 0.444 e. The van der Waals surface area contributed by atoms with Crippen molar-refractivity contribution in [3.63, 3.8) is 0 Å². The molecule has 1 aliphatic rings. The van der Waals surface area contributed by atoms with E-state index in [1.54, 1.807) is 9.80 Å². The molecule has 1 aromatic carbocycles. The van der Waals surface area contributed by atoms with Crippen LogP contribution in [0.25, 0.3) is 0 Å². The second-order valence-corrected chi connectivity index (χ2v) is 7.10. The molecule has 0 radical (unpaired) electrons.